The molecule has 2 aromatic carbocycles. The molecule has 0 spiro atoms. The number of halogens is 1. The van der Waals surface area contributed by atoms with Gasteiger partial charge in [0.05, 0.1) is 15.6 Å². The predicted octanol–water partition coefficient (Wildman–Crippen LogP) is 5.06. The summed E-state index contributed by atoms with van der Waals surface area (Å²) in [5, 5.41) is 10.8. The van der Waals surface area contributed by atoms with Crippen LogP contribution >= 0.6 is 27.9 Å². The van der Waals surface area contributed by atoms with Crippen molar-refractivity contribution in [1.82, 2.24) is 9.97 Å². The minimum absolute atomic E-state index is 0.0247. The molecule has 0 aliphatic carbocycles. The number of hydrogen-bond donors (Lipinski definition) is 1. The average Bonchev–Trinajstić information content (AvgIpc) is 2.63. The van der Waals surface area contributed by atoms with E-state index in [1.54, 1.807) is 18.3 Å². The van der Waals surface area contributed by atoms with Gasteiger partial charge in [-0.05, 0) is 46.1 Å². The van der Waals surface area contributed by atoms with Crippen molar-refractivity contribution in [1.29, 1.82) is 0 Å². The van der Waals surface area contributed by atoms with Gasteiger partial charge in [0.25, 0.3) is 5.69 Å². The molecule has 0 unspecified atom stereocenters. The second-order valence-corrected chi connectivity index (χ2v) is 6.45. The van der Waals surface area contributed by atoms with Crippen LogP contribution < -0.4 is 9.46 Å². The normalized spacial score (nSPS) is 10.3. The SMILES string of the molecule is O=[N+]([O-])c1cccc(SNc2ncc(Br)c(Oc3ccccc3)n2)c1. The number of nitrogens with zero attached hydrogens (tertiary/aromatic N) is 3. The number of hydrogen-bond acceptors (Lipinski definition) is 7. The molecular formula is C16H11BrN4O3S. The van der Waals surface area contributed by atoms with Crippen molar-refractivity contribution in [2.75, 3.05) is 4.72 Å². The Hall–Kier alpha value is -2.65. The number of aromatic nitrogens is 2. The first-order chi connectivity index (χ1) is 12.1. The Morgan fingerprint density at radius 3 is 2.72 bits per heavy atom. The van der Waals surface area contributed by atoms with Gasteiger partial charge in [-0.25, -0.2) is 4.98 Å². The molecule has 3 aromatic rings. The van der Waals surface area contributed by atoms with Crippen molar-refractivity contribution in [2.45, 2.75) is 4.90 Å². The Kier molecular flexibility index (Phi) is 5.46. The molecule has 126 valence electrons. The van der Waals surface area contributed by atoms with Gasteiger partial charge in [0, 0.05) is 17.0 Å². The van der Waals surface area contributed by atoms with Gasteiger partial charge in [-0.2, -0.15) is 4.98 Å². The Bertz CT molecular complexity index is 896. The lowest BCUT2D eigenvalue weighted by molar-refractivity contribution is -0.385. The second-order valence-electron chi connectivity index (χ2n) is 4.72. The van der Waals surface area contributed by atoms with E-state index < -0.39 is 4.92 Å². The van der Waals surface area contributed by atoms with E-state index in [0.29, 0.717) is 26.9 Å². The molecule has 1 aromatic heterocycles. The fraction of sp³-hybridized carbons (Fsp3) is 0. The highest BCUT2D eigenvalue weighted by molar-refractivity contribution is 9.10. The van der Waals surface area contributed by atoms with Gasteiger partial charge in [0.1, 0.15) is 5.75 Å². The van der Waals surface area contributed by atoms with Crippen LogP contribution in [-0.4, -0.2) is 14.9 Å². The minimum atomic E-state index is -0.438. The number of nitro benzene ring substituents is 1. The van der Waals surface area contributed by atoms with Gasteiger partial charge in [0.15, 0.2) is 0 Å². The second kappa shape index (κ2) is 7.95. The fourth-order valence-corrected chi connectivity index (χ4v) is 2.74. The van der Waals surface area contributed by atoms with Crippen LogP contribution in [0, 0.1) is 10.1 Å². The van der Waals surface area contributed by atoms with Crippen molar-refractivity contribution in [3.63, 3.8) is 0 Å². The molecule has 25 heavy (non-hydrogen) atoms. The number of rotatable bonds is 6. The number of anilines is 1. The van der Waals surface area contributed by atoms with Gasteiger partial charge in [-0.1, -0.05) is 24.3 Å². The number of ether oxygens (including phenoxy) is 1. The maximum absolute atomic E-state index is 10.8. The van der Waals surface area contributed by atoms with Crippen molar-refractivity contribution >= 4 is 39.5 Å². The lowest BCUT2D eigenvalue weighted by Gasteiger charge is -2.09. The first-order valence-corrected chi connectivity index (χ1v) is 8.65. The summed E-state index contributed by atoms with van der Waals surface area (Å²) in [6.07, 6.45) is 1.57. The van der Waals surface area contributed by atoms with E-state index in [4.69, 9.17) is 4.74 Å². The molecule has 0 radical (unpaired) electrons. The predicted molar refractivity (Wildman–Crippen MR) is 98.8 cm³/mol. The van der Waals surface area contributed by atoms with Gasteiger partial charge in [-0.15, -0.1) is 0 Å². The molecule has 0 amide bonds. The van der Waals surface area contributed by atoms with Crippen molar-refractivity contribution < 1.29 is 9.66 Å². The Balaban J connectivity index is 1.72. The molecule has 3 rings (SSSR count). The van der Waals surface area contributed by atoms with E-state index in [9.17, 15) is 10.1 Å². The highest BCUT2D eigenvalue weighted by Gasteiger charge is 2.09. The summed E-state index contributed by atoms with van der Waals surface area (Å²) in [7, 11) is 0. The maximum atomic E-state index is 10.8. The minimum Gasteiger partial charge on any atom is -0.438 e. The van der Waals surface area contributed by atoms with E-state index in [0.717, 1.165) is 0 Å². The summed E-state index contributed by atoms with van der Waals surface area (Å²) in [6, 6.07) is 15.5. The van der Waals surface area contributed by atoms with Crippen LogP contribution in [0.3, 0.4) is 0 Å². The molecule has 9 heteroatoms. The molecule has 0 aliphatic rings. The smallest absolute Gasteiger partial charge is 0.270 e. The van der Waals surface area contributed by atoms with Crippen molar-refractivity contribution in [3.05, 3.63) is 75.4 Å². The first-order valence-electron chi connectivity index (χ1n) is 7.04. The van der Waals surface area contributed by atoms with E-state index in [-0.39, 0.29) is 5.69 Å². The zero-order chi connectivity index (χ0) is 17.6. The summed E-state index contributed by atoms with van der Waals surface area (Å²) < 4.78 is 9.28. The van der Waals surface area contributed by atoms with Gasteiger partial charge in [-0.3, -0.25) is 14.8 Å². The largest absolute Gasteiger partial charge is 0.438 e. The molecular weight excluding hydrogens is 408 g/mol. The standard InChI is InChI=1S/C16H11BrN4O3S/c17-14-10-18-16(19-15(14)24-12-6-2-1-3-7-12)20-25-13-8-4-5-11(9-13)21(22)23/h1-10H,(H,18,19,20). The summed E-state index contributed by atoms with van der Waals surface area (Å²) >= 11 is 4.53. The number of para-hydroxylation sites is 1. The molecule has 0 atom stereocenters. The molecule has 0 bridgehead atoms. The maximum Gasteiger partial charge on any atom is 0.270 e. The van der Waals surface area contributed by atoms with Crippen LogP contribution in [0.15, 0.2) is 70.2 Å². The van der Waals surface area contributed by atoms with Crippen LogP contribution in [0.5, 0.6) is 11.6 Å². The Labute approximate surface area is 155 Å². The molecule has 0 aliphatic heterocycles. The lowest BCUT2D eigenvalue weighted by Crippen LogP contribution is -1.98. The van der Waals surface area contributed by atoms with Gasteiger partial charge in [0.2, 0.25) is 11.8 Å². The van der Waals surface area contributed by atoms with Gasteiger partial charge >= 0.3 is 0 Å². The molecule has 1 N–H and O–H groups in total. The molecule has 0 fully saturated rings. The number of nitrogens with one attached hydrogen (secondary N) is 1. The zero-order valence-corrected chi connectivity index (χ0v) is 15.0. The molecule has 7 nitrogen and oxygen atoms in total. The number of nitro groups is 1. The Morgan fingerprint density at radius 1 is 1.16 bits per heavy atom. The van der Waals surface area contributed by atoms with Crippen molar-refractivity contribution in [2.24, 2.45) is 0 Å². The zero-order valence-electron chi connectivity index (χ0n) is 12.6. The van der Waals surface area contributed by atoms with Crippen LogP contribution in [0.4, 0.5) is 11.6 Å². The summed E-state index contributed by atoms with van der Waals surface area (Å²) in [6.45, 7) is 0. The van der Waals surface area contributed by atoms with Crippen LogP contribution in [-0.2, 0) is 0 Å². The topological polar surface area (TPSA) is 90.2 Å². The molecule has 0 saturated heterocycles. The summed E-state index contributed by atoms with van der Waals surface area (Å²) in [5.74, 6) is 1.34. The third-order valence-corrected chi connectivity index (χ3v) is 4.28. The van der Waals surface area contributed by atoms with Crippen molar-refractivity contribution in [3.8, 4) is 11.6 Å². The average molecular weight is 419 g/mol. The number of non-ortho nitro benzene ring substituents is 1. The van der Waals surface area contributed by atoms with E-state index in [1.165, 1.54) is 24.1 Å². The third kappa shape index (κ3) is 4.68. The van der Waals surface area contributed by atoms with E-state index in [1.807, 2.05) is 30.3 Å². The van der Waals surface area contributed by atoms with Crippen LogP contribution in [0.1, 0.15) is 0 Å². The number of benzene rings is 2. The summed E-state index contributed by atoms with van der Waals surface area (Å²) in [5.41, 5.74) is 0.0247. The molecule has 1 heterocycles. The van der Waals surface area contributed by atoms with Crippen LogP contribution in [0.25, 0.3) is 0 Å². The highest BCUT2D eigenvalue weighted by atomic mass is 79.9. The van der Waals surface area contributed by atoms with Gasteiger partial charge < -0.3 is 4.74 Å². The third-order valence-electron chi connectivity index (χ3n) is 2.96. The van der Waals surface area contributed by atoms with E-state index in [2.05, 4.69) is 30.6 Å². The Morgan fingerprint density at radius 2 is 1.96 bits per heavy atom. The molecule has 0 saturated carbocycles. The quantitative estimate of drug-likeness (QED) is 0.339. The monoisotopic (exact) mass is 418 g/mol. The van der Waals surface area contributed by atoms with Crippen LogP contribution in [0.2, 0.25) is 0 Å². The highest BCUT2D eigenvalue weighted by Crippen LogP contribution is 2.29. The lowest BCUT2D eigenvalue weighted by atomic mass is 10.3. The van der Waals surface area contributed by atoms with E-state index >= 15 is 0 Å². The summed E-state index contributed by atoms with van der Waals surface area (Å²) in [4.78, 5) is 19.5. The fourth-order valence-electron chi connectivity index (χ4n) is 1.84. The first kappa shape index (κ1) is 17.2.